The fourth-order valence-electron chi connectivity index (χ4n) is 2.50. The van der Waals surface area contributed by atoms with Crippen LogP contribution in [-0.4, -0.2) is 11.0 Å². The van der Waals surface area contributed by atoms with Crippen molar-refractivity contribution in [3.05, 3.63) is 0 Å². The molecule has 0 N–H and O–H groups in total. The molecule has 1 aliphatic carbocycles. The maximum absolute atomic E-state index is 9.16. The summed E-state index contributed by atoms with van der Waals surface area (Å²) >= 11 is 2.07. The second-order valence-electron chi connectivity index (χ2n) is 4.94. The smallest absolute Gasteiger partial charge is 0.0667 e. The minimum Gasteiger partial charge on any atom is -0.198 e. The number of hydrogen-bond acceptors (Lipinski definition) is 2. The van der Waals surface area contributed by atoms with Gasteiger partial charge in [0, 0.05) is 5.25 Å². The van der Waals surface area contributed by atoms with Gasteiger partial charge in [0.1, 0.15) is 0 Å². The van der Waals surface area contributed by atoms with Crippen LogP contribution in [0.5, 0.6) is 0 Å². The predicted molar refractivity (Wildman–Crippen MR) is 72.5 cm³/mol. The van der Waals surface area contributed by atoms with Crippen LogP contribution in [0.1, 0.15) is 58.8 Å². The van der Waals surface area contributed by atoms with E-state index in [1.165, 1.54) is 44.3 Å². The zero-order valence-corrected chi connectivity index (χ0v) is 11.6. The van der Waals surface area contributed by atoms with E-state index in [9.17, 15) is 0 Å². The quantitative estimate of drug-likeness (QED) is 0.631. The Morgan fingerprint density at radius 3 is 2.69 bits per heavy atom. The van der Waals surface area contributed by atoms with Gasteiger partial charge in [0.2, 0.25) is 0 Å². The molecular formula is C14H25NS. The van der Waals surface area contributed by atoms with Crippen molar-refractivity contribution in [2.45, 2.75) is 64.0 Å². The van der Waals surface area contributed by atoms with Crippen molar-refractivity contribution in [3.63, 3.8) is 0 Å². The van der Waals surface area contributed by atoms with Crippen molar-refractivity contribution in [2.75, 3.05) is 5.75 Å². The predicted octanol–water partition coefficient (Wildman–Crippen LogP) is 4.63. The first-order valence-corrected chi connectivity index (χ1v) is 7.87. The molecule has 0 heterocycles. The van der Waals surface area contributed by atoms with Crippen LogP contribution in [0.2, 0.25) is 0 Å². The lowest BCUT2D eigenvalue weighted by Gasteiger charge is -2.31. The third-order valence-electron chi connectivity index (χ3n) is 3.72. The van der Waals surface area contributed by atoms with E-state index in [1.54, 1.807) is 0 Å². The Hall–Kier alpha value is -0.160. The summed E-state index contributed by atoms with van der Waals surface area (Å²) < 4.78 is 0. The van der Waals surface area contributed by atoms with Gasteiger partial charge in [0.15, 0.2) is 0 Å². The van der Waals surface area contributed by atoms with Gasteiger partial charge in [-0.1, -0.05) is 33.1 Å². The molecule has 1 nitrogen and oxygen atoms in total. The molecule has 0 aromatic heterocycles. The van der Waals surface area contributed by atoms with Gasteiger partial charge in [0.25, 0.3) is 0 Å². The van der Waals surface area contributed by atoms with Crippen LogP contribution in [-0.2, 0) is 0 Å². The first-order valence-electron chi connectivity index (χ1n) is 6.83. The van der Waals surface area contributed by atoms with Crippen LogP contribution >= 0.6 is 11.8 Å². The molecule has 2 heteroatoms. The number of hydrogen-bond donors (Lipinski definition) is 0. The summed E-state index contributed by atoms with van der Waals surface area (Å²) in [5.41, 5.74) is 0. The fourth-order valence-corrected chi connectivity index (χ4v) is 4.01. The highest BCUT2D eigenvalue weighted by atomic mass is 32.2. The van der Waals surface area contributed by atoms with E-state index in [0.717, 1.165) is 12.3 Å². The summed E-state index contributed by atoms with van der Waals surface area (Å²) in [4.78, 5) is 0. The van der Waals surface area contributed by atoms with Crippen LogP contribution in [0.25, 0.3) is 0 Å². The molecule has 3 unspecified atom stereocenters. The standard InChI is InChI=1S/C14H25NS/c1-3-5-6-9-16-14-10-12(4-2)7-8-13(14)11-15/h12-14H,3-10H2,1-2H3. The summed E-state index contributed by atoms with van der Waals surface area (Å²) in [6.45, 7) is 4.53. The molecule has 16 heavy (non-hydrogen) atoms. The van der Waals surface area contributed by atoms with E-state index in [4.69, 9.17) is 5.26 Å². The van der Waals surface area contributed by atoms with Crippen LogP contribution in [0.3, 0.4) is 0 Å². The van der Waals surface area contributed by atoms with Crippen LogP contribution in [0.4, 0.5) is 0 Å². The number of nitriles is 1. The van der Waals surface area contributed by atoms with Gasteiger partial charge < -0.3 is 0 Å². The maximum Gasteiger partial charge on any atom is 0.0667 e. The topological polar surface area (TPSA) is 23.8 Å². The normalized spacial score (nSPS) is 29.9. The molecule has 1 rings (SSSR count). The van der Waals surface area contributed by atoms with Crippen LogP contribution < -0.4 is 0 Å². The maximum atomic E-state index is 9.16. The SMILES string of the molecule is CCCCCSC1CC(CC)CCC1C#N. The van der Waals surface area contributed by atoms with Crippen molar-refractivity contribution < 1.29 is 0 Å². The molecule has 1 aliphatic rings. The molecule has 0 aromatic rings. The molecule has 3 atom stereocenters. The fraction of sp³-hybridized carbons (Fsp3) is 0.929. The van der Waals surface area contributed by atoms with Gasteiger partial charge >= 0.3 is 0 Å². The lowest BCUT2D eigenvalue weighted by Crippen LogP contribution is -2.26. The molecular weight excluding hydrogens is 214 g/mol. The average Bonchev–Trinajstić information content (AvgIpc) is 2.34. The van der Waals surface area contributed by atoms with Gasteiger partial charge in [-0.2, -0.15) is 17.0 Å². The van der Waals surface area contributed by atoms with E-state index in [1.807, 2.05) is 0 Å². The molecule has 0 aliphatic heterocycles. The van der Waals surface area contributed by atoms with Gasteiger partial charge in [-0.15, -0.1) is 0 Å². The van der Waals surface area contributed by atoms with Gasteiger partial charge in [-0.25, -0.2) is 0 Å². The Morgan fingerprint density at radius 2 is 2.06 bits per heavy atom. The van der Waals surface area contributed by atoms with Crippen molar-refractivity contribution in [1.82, 2.24) is 0 Å². The summed E-state index contributed by atoms with van der Waals surface area (Å²) in [5.74, 6) is 2.47. The molecule has 0 amide bonds. The minimum absolute atomic E-state index is 0.328. The zero-order valence-electron chi connectivity index (χ0n) is 10.7. The van der Waals surface area contributed by atoms with Crippen LogP contribution in [0.15, 0.2) is 0 Å². The summed E-state index contributed by atoms with van der Waals surface area (Å²) in [6.07, 6.45) is 8.96. The van der Waals surface area contributed by atoms with Gasteiger partial charge in [-0.05, 0) is 37.4 Å². The van der Waals surface area contributed by atoms with Gasteiger partial charge in [-0.3, -0.25) is 0 Å². The van der Waals surface area contributed by atoms with Gasteiger partial charge in [0.05, 0.1) is 12.0 Å². The average molecular weight is 239 g/mol. The Labute approximate surface area is 105 Å². The molecule has 1 fully saturated rings. The van der Waals surface area contributed by atoms with E-state index >= 15 is 0 Å². The minimum atomic E-state index is 0.328. The lowest BCUT2D eigenvalue weighted by atomic mass is 9.81. The highest BCUT2D eigenvalue weighted by molar-refractivity contribution is 7.99. The number of rotatable bonds is 6. The van der Waals surface area contributed by atoms with Crippen molar-refractivity contribution in [2.24, 2.45) is 11.8 Å². The highest BCUT2D eigenvalue weighted by Crippen LogP contribution is 2.37. The van der Waals surface area contributed by atoms with E-state index in [2.05, 4.69) is 31.7 Å². The second kappa shape index (κ2) is 8.01. The molecule has 0 radical (unpaired) electrons. The second-order valence-corrected chi connectivity index (χ2v) is 6.29. The summed E-state index contributed by atoms with van der Waals surface area (Å²) in [6, 6.07) is 2.52. The Kier molecular flexibility index (Phi) is 6.96. The van der Waals surface area contributed by atoms with Crippen molar-refractivity contribution >= 4 is 11.8 Å². The molecule has 1 saturated carbocycles. The van der Waals surface area contributed by atoms with Crippen molar-refractivity contribution in [3.8, 4) is 6.07 Å². The van der Waals surface area contributed by atoms with E-state index in [-0.39, 0.29) is 0 Å². The molecule has 0 spiro atoms. The lowest BCUT2D eigenvalue weighted by molar-refractivity contribution is 0.317. The first-order chi connectivity index (χ1) is 7.81. The molecule has 0 bridgehead atoms. The Bertz CT molecular complexity index is 221. The van der Waals surface area contributed by atoms with Crippen LogP contribution in [0, 0.1) is 23.2 Å². The summed E-state index contributed by atoms with van der Waals surface area (Å²) in [7, 11) is 0. The third-order valence-corrected chi connectivity index (χ3v) is 5.20. The highest BCUT2D eigenvalue weighted by Gasteiger charge is 2.29. The number of thioether (sulfide) groups is 1. The Balaban J connectivity index is 2.31. The molecule has 92 valence electrons. The molecule has 0 aromatic carbocycles. The van der Waals surface area contributed by atoms with Crippen molar-refractivity contribution in [1.29, 1.82) is 5.26 Å². The first kappa shape index (κ1) is 13.9. The Morgan fingerprint density at radius 1 is 1.25 bits per heavy atom. The van der Waals surface area contributed by atoms with E-state index in [0.29, 0.717) is 11.2 Å². The zero-order chi connectivity index (χ0) is 11.8. The largest absolute Gasteiger partial charge is 0.198 e. The van der Waals surface area contributed by atoms with E-state index < -0.39 is 0 Å². The molecule has 0 saturated heterocycles. The summed E-state index contributed by atoms with van der Waals surface area (Å²) in [5, 5.41) is 9.79. The monoisotopic (exact) mass is 239 g/mol. The third kappa shape index (κ3) is 4.37. The number of unbranched alkanes of at least 4 members (excludes halogenated alkanes) is 2. The number of nitrogens with zero attached hydrogens (tertiary/aromatic N) is 1.